The number of thioether (sulfide) groups is 1. The van der Waals surface area contributed by atoms with Crippen molar-refractivity contribution in [2.24, 2.45) is 5.92 Å². The lowest BCUT2D eigenvalue weighted by Gasteiger charge is -2.28. The largest absolute Gasteiger partial charge is 0.320 e. The zero-order valence-electron chi connectivity index (χ0n) is 20.3. The number of aromatic nitrogens is 4. The van der Waals surface area contributed by atoms with E-state index in [4.69, 9.17) is 4.98 Å². The lowest BCUT2D eigenvalue weighted by molar-refractivity contribution is 0.320. The summed E-state index contributed by atoms with van der Waals surface area (Å²) in [7, 11) is -3.81. The summed E-state index contributed by atoms with van der Waals surface area (Å²) in [5, 5.41) is 10.2. The van der Waals surface area contributed by atoms with E-state index in [0.29, 0.717) is 5.65 Å². The van der Waals surface area contributed by atoms with Gasteiger partial charge in [-0.05, 0) is 62.3 Å². The highest BCUT2D eigenvalue weighted by molar-refractivity contribution is 7.98. The van der Waals surface area contributed by atoms with Crippen LogP contribution in [0.2, 0.25) is 0 Å². The Kier molecular flexibility index (Phi) is 6.01. The van der Waals surface area contributed by atoms with Gasteiger partial charge in [0.25, 0.3) is 10.0 Å². The summed E-state index contributed by atoms with van der Waals surface area (Å²) in [6.45, 7) is 0. The molecule has 1 aliphatic carbocycles. The third-order valence-corrected chi connectivity index (χ3v) is 9.65. The first-order chi connectivity index (χ1) is 18.0. The van der Waals surface area contributed by atoms with Crippen molar-refractivity contribution < 1.29 is 8.42 Å². The van der Waals surface area contributed by atoms with Gasteiger partial charge < -0.3 is 4.57 Å². The van der Waals surface area contributed by atoms with Gasteiger partial charge >= 0.3 is 0 Å². The number of hydrogen-bond acceptors (Lipinski definition) is 6. The maximum Gasteiger partial charge on any atom is 0.269 e. The van der Waals surface area contributed by atoms with Crippen molar-refractivity contribution in [1.29, 1.82) is 5.26 Å². The normalized spacial score (nSPS) is 18.3. The van der Waals surface area contributed by atoms with Gasteiger partial charge in [-0.25, -0.2) is 22.4 Å². The molecule has 0 amide bonds. The van der Waals surface area contributed by atoms with E-state index < -0.39 is 10.0 Å². The average molecular weight is 528 g/mol. The molecule has 186 valence electrons. The smallest absolute Gasteiger partial charge is 0.269 e. The highest BCUT2D eigenvalue weighted by Gasteiger charge is 2.29. The lowest BCUT2D eigenvalue weighted by Crippen LogP contribution is -2.18. The van der Waals surface area contributed by atoms with Gasteiger partial charge in [-0.2, -0.15) is 5.26 Å². The molecule has 1 fully saturated rings. The zero-order chi connectivity index (χ0) is 25.6. The summed E-state index contributed by atoms with van der Waals surface area (Å²) < 4.78 is 30.4. The number of nitrogens with zero attached hydrogens (tertiary/aromatic N) is 5. The second-order valence-corrected chi connectivity index (χ2v) is 12.0. The van der Waals surface area contributed by atoms with Gasteiger partial charge in [0.1, 0.15) is 11.3 Å². The molecule has 3 aromatic heterocycles. The van der Waals surface area contributed by atoms with Gasteiger partial charge in [0.05, 0.1) is 22.7 Å². The molecule has 37 heavy (non-hydrogen) atoms. The minimum atomic E-state index is -3.81. The van der Waals surface area contributed by atoms with Crippen molar-refractivity contribution in [3.8, 4) is 17.5 Å². The molecular weight excluding hydrogens is 502 g/mol. The van der Waals surface area contributed by atoms with Crippen LogP contribution in [0.25, 0.3) is 33.5 Å². The van der Waals surface area contributed by atoms with Crippen molar-refractivity contribution in [3.63, 3.8) is 0 Å². The topological polar surface area (TPSA) is 93.6 Å². The van der Waals surface area contributed by atoms with Crippen LogP contribution < -0.4 is 0 Å². The Morgan fingerprint density at radius 1 is 1.00 bits per heavy atom. The first-order valence-electron chi connectivity index (χ1n) is 12.2. The van der Waals surface area contributed by atoms with E-state index in [1.165, 1.54) is 8.87 Å². The molecule has 2 aromatic carbocycles. The van der Waals surface area contributed by atoms with Crippen LogP contribution in [-0.4, -0.2) is 33.2 Å². The minimum absolute atomic E-state index is 0.0779. The third kappa shape index (κ3) is 4.01. The molecule has 0 radical (unpaired) electrons. The van der Waals surface area contributed by atoms with Crippen LogP contribution >= 0.6 is 11.8 Å². The molecule has 3 heterocycles. The Bertz CT molecular complexity index is 1740. The molecule has 0 atom stereocenters. The maximum absolute atomic E-state index is 13.5. The van der Waals surface area contributed by atoms with Crippen LogP contribution in [0.1, 0.15) is 31.7 Å². The quantitative estimate of drug-likeness (QED) is 0.250. The average Bonchev–Trinajstić information content (AvgIpc) is 3.56. The summed E-state index contributed by atoms with van der Waals surface area (Å²) >= 11 is 1.69. The third-order valence-electron chi connectivity index (χ3n) is 7.22. The Morgan fingerprint density at radius 3 is 2.41 bits per heavy atom. The van der Waals surface area contributed by atoms with E-state index in [0.717, 1.165) is 53.5 Å². The molecule has 0 N–H and O–H groups in total. The SMILES string of the molecule is CSc1ccc(-c2nc3cnc4c(ccn4S(=O)(=O)c4ccccc4)c3n2[C@H]2CC[C@H](C#N)CC2)cc1. The van der Waals surface area contributed by atoms with E-state index in [-0.39, 0.29) is 16.9 Å². The van der Waals surface area contributed by atoms with E-state index in [1.807, 2.05) is 6.07 Å². The monoisotopic (exact) mass is 527 g/mol. The lowest BCUT2D eigenvalue weighted by atomic mass is 9.86. The maximum atomic E-state index is 13.5. The van der Waals surface area contributed by atoms with Crippen LogP contribution in [0.5, 0.6) is 0 Å². The second kappa shape index (κ2) is 9.36. The number of hydrogen-bond donors (Lipinski definition) is 0. The Labute approximate surface area is 219 Å². The molecule has 9 heteroatoms. The zero-order valence-corrected chi connectivity index (χ0v) is 21.9. The van der Waals surface area contributed by atoms with Gasteiger partial charge in [-0.15, -0.1) is 11.8 Å². The number of nitriles is 1. The minimum Gasteiger partial charge on any atom is -0.320 e. The Morgan fingerprint density at radius 2 is 1.73 bits per heavy atom. The molecule has 5 aromatic rings. The number of benzene rings is 2. The van der Waals surface area contributed by atoms with Crippen molar-refractivity contribution >= 4 is 43.9 Å². The molecule has 0 bridgehead atoms. The van der Waals surface area contributed by atoms with Crippen LogP contribution in [0.3, 0.4) is 0 Å². The van der Waals surface area contributed by atoms with Gasteiger partial charge in [-0.3, -0.25) is 0 Å². The highest BCUT2D eigenvalue weighted by Crippen LogP contribution is 2.40. The standard InChI is InChI=1S/C28H25N5O2S2/c1-36-22-13-9-20(10-14-22)27-31-25-18-30-28-24(26(25)33(27)21-11-7-19(17-29)8-12-21)15-16-32(28)37(34,35)23-5-3-2-4-6-23/h2-6,9-10,13-16,18-19,21H,7-8,11-12H2,1H3/t19-,21-. The first-order valence-corrected chi connectivity index (χ1v) is 14.9. The van der Waals surface area contributed by atoms with Gasteiger partial charge in [0, 0.05) is 34.0 Å². The molecule has 1 saturated carbocycles. The molecule has 1 aliphatic rings. The summed E-state index contributed by atoms with van der Waals surface area (Å²) in [6.07, 6.45) is 8.71. The summed E-state index contributed by atoms with van der Waals surface area (Å²) in [5.74, 6) is 0.921. The number of rotatable bonds is 5. The molecule has 0 unspecified atom stereocenters. The van der Waals surface area contributed by atoms with Crippen molar-refractivity contribution in [3.05, 3.63) is 73.1 Å². The van der Waals surface area contributed by atoms with Crippen LogP contribution in [0.15, 0.2) is 82.8 Å². The molecule has 6 rings (SSSR count). The number of pyridine rings is 1. The predicted octanol–water partition coefficient (Wildman–Crippen LogP) is 6.27. The van der Waals surface area contributed by atoms with E-state index in [2.05, 4.69) is 46.1 Å². The summed E-state index contributed by atoms with van der Waals surface area (Å²) in [5.41, 5.74) is 3.00. The number of fused-ring (bicyclic) bond motifs is 3. The molecular formula is C28H25N5O2S2. The second-order valence-electron chi connectivity index (χ2n) is 9.33. The van der Waals surface area contributed by atoms with E-state index in [1.54, 1.807) is 54.5 Å². The summed E-state index contributed by atoms with van der Waals surface area (Å²) in [4.78, 5) is 11.0. The molecule has 0 saturated heterocycles. The van der Waals surface area contributed by atoms with Gasteiger partial charge in [0.2, 0.25) is 0 Å². The molecule has 0 aliphatic heterocycles. The molecule has 0 spiro atoms. The first kappa shape index (κ1) is 23.8. The van der Waals surface area contributed by atoms with E-state index in [9.17, 15) is 13.7 Å². The Balaban J connectivity index is 1.57. The van der Waals surface area contributed by atoms with Crippen LogP contribution in [0.4, 0.5) is 0 Å². The van der Waals surface area contributed by atoms with Crippen molar-refractivity contribution in [2.75, 3.05) is 6.26 Å². The number of imidazole rings is 1. The summed E-state index contributed by atoms with van der Waals surface area (Å²) in [6, 6.07) is 21.2. The fourth-order valence-electron chi connectivity index (χ4n) is 5.31. The van der Waals surface area contributed by atoms with Gasteiger partial charge in [0.15, 0.2) is 5.65 Å². The predicted molar refractivity (Wildman–Crippen MR) is 146 cm³/mol. The fraction of sp³-hybridized carbons (Fsp3) is 0.250. The molecule has 7 nitrogen and oxygen atoms in total. The van der Waals surface area contributed by atoms with Crippen molar-refractivity contribution in [2.45, 2.75) is 41.5 Å². The highest BCUT2D eigenvalue weighted by atomic mass is 32.2. The Hall–Kier alpha value is -3.61. The van der Waals surface area contributed by atoms with E-state index >= 15 is 0 Å². The van der Waals surface area contributed by atoms with Crippen molar-refractivity contribution in [1.82, 2.24) is 18.5 Å². The fourth-order valence-corrected chi connectivity index (χ4v) is 7.04. The van der Waals surface area contributed by atoms with Crippen LogP contribution in [-0.2, 0) is 10.0 Å². The van der Waals surface area contributed by atoms with Crippen LogP contribution in [0, 0.1) is 17.2 Å². The van der Waals surface area contributed by atoms with Gasteiger partial charge in [-0.1, -0.05) is 30.3 Å².